The van der Waals surface area contributed by atoms with E-state index in [9.17, 15) is 0 Å². The van der Waals surface area contributed by atoms with Gasteiger partial charge in [-0.15, -0.1) is 22.7 Å². The molecule has 0 amide bonds. The third kappa shape index (κ3) is 3.10. The fraction of sp³-hybridized carbons (Fsp3) is 0. The molecule has 7 aromatic rings. The van der Waals surface area contributed by atoms with Gasteiger partial charge in [0.1, 0.15) is 0 Å². The number of benzene rings is 5. The van der Waals surface area contributed by atoms with Crippen LogP contribution < -0.4 is 4.90 Å². The summed E-state index contributed by atoms with van der Waals surface area (Å²) >= 11 is 7.36. The highest BCUT2D eigenvalue weighted by Crippen LogP contribution is 2.48. The molecule has 0 unspecified atom stereocenters. The molecule has 0 fully saturated rings. The average molecular weight is 537 g/mol. The standard InChI is InChI=1S/C30H18BrNS2/c31-19-15-17-20(18-16-19)32(25-11-5-9-23-21-7-1-3-13-27(21)33-29(23)25)26-12-6-10-24-22-8-2-4-14-28(22)34-30(24)26/h1-18H. The van der Waals surface area contributed by atoms with Gasteiger partial charge < -0.3 is 4.90 Å². The van der Waals surface area contributed by atoms with Gasteiger partial charge in [0.25, 0.3) is 0 Å². The summed E-state index contributed by atoms with van der Waals surface area (Å²) < 4.78 is 6.34. The van der Waals surface area contributed by atoms with Crippen LogP contribution in [-0.2, 0) is 0 Å². The maximum Gasteiger partial charge on any atom is 0.0640 e. The van der Waals surface area contributed by atoms with E-state index in [1.807, 2.05) is 22.7 Å². The smallest absolute Gasteiger partial charge is 0.0640 e. The second kappa shape index (κ2) is 7.95. The van der Waals surface area contributed by atoms with Crippen LogP contribution in [0.4, 0.5) is 17.1 Å². The van der Waals surface area contributed by atoms with Crippen molar-refractivity contribution >= 4 is 96.0 Å². The summed E-state index contributed by atoms with van der Waals surface area (Å²) in [5.74, 6) is 0. The molecule has 0 aliphatic carbocycles. The van der Waals surface area contributed by atoms with E-state index in [0.717, 1.165) is 10.2 Å². The minimum atomic E-state index is 1.08. The third-order valence-corrected chi connectivity index (χ3v) is 9.28. The molecule has 0 saturated heterocycles. The second-order valence-corrected chi connectivity index (χ2v) is 11.3. The summed E-state index contributed by atoms with van der Waals surface area (Å²) in [5, 5.41) is 5.26. The van der Waals surface area contributed by atoms with Crippen molar-refractivity contribution in [3.8, 4) is 0 Å². The first-order valence-electron chi connectivity index (χ1n) is 11.1. The van der Waals surface area contributed by atoms with Crippen LogP contribution in [0.3, 0.4) is 0 Å². The van der Waals surface area contributed by atoms with Crippen molar-refractivity contribution < 1.29 is 0 Å². The van der Waals surface area contributed by atoms with Gasteiger partial charge in [0.2, 0.25) is 0 Å². The van der Waals surface area contributed by atoms with E-state index in [4.69, 9.17) is 0 Å². The summed E-state index contributed by atoms with van der Waals surface area (Å²) in [4.78, 5) is 2.43. The molecule has 0 atom stereocenters. The highest BCUT2D eigenvalue weighted by atomic mass is 79.9. The van der Waals surface area contributed by atoms with Crippen molar-refractivity contribution in [2.45, 2.75) is 0 Å². The Hall–Kier alpha value is -3.18. The molecule has 4 heteroatoms. The van der Waals surface area contributed by atoms with Crippen LogP contribution >= 0.6 is 38.6 Å². The molecule has 7 rings (SSSR count). The lowest BCUT2D eigenvalue weighted by molar-refractivity contribution is 1.32. The fourth-order valence-electron chi connectivity index (χ4n) is 4.81. The monoisotopic (exact) mass is 535 g/mol. The molecule has 1 nitrogen and oxygen atoms in total. The van der Waals surface area contributed by atoms with E-state index >= 15 is 0 Å². The molecule has 2 heterocycles. The van der Waals surface area contributed by atoms with Crippen molar-refractivity contribution in [1.29, 1.82) is 0 Å². The Balaban J connectivity index is 1.58. The van der Waals surface area contributed by atoms with Crippen LogP contribution in [-0.4, -0.2) is 0 Å². The zero-order valence-corrected chi connectivity index (χ0v) is 21.3. The largest absolute Gasteiger partial charge is 0.308 e. The molecule has 0 N–H and O–H groups in total. The number of hydrogen-bond acceptors (Lipinski definition) is 3. The molecular weight excluding hydrogens is 518 g/mol. The van der Waals surface area contributed by atoms with Crippen molar-refractivity contribution in [2.75, 3.05) is 4.90 Å². The number of fused-ring (bicyclic) bond motifs is 6. The van der Waals surface area contributed by atoms with E-state index in [1.54, 1.807) is 0 Å². The topological polar surface area (TPSA) is 3.24 Å². The number of halogens is 1. The lowest BCUT2D eigenvalue weighted by Gasteiger charge is -2.26. The van der Waals surface area contributed by atoms with Gasteiger partial charge in [-0.05, 0) is 48.5 Å². The zero-order valence-electron chi connectivity index (χ0n) is 18.0. The zero-order chi connectivity index (χ0) is 22.6. The normalized spacial score (nSPS) is 11.7. The first-order chi connectivity index (χ1) is 16.8. The van der Waals surface area contributed by atoms with E-state index in [1.165, 1.54) is 51.7 Å². The Morgan fingerprint density at radius 1 is 0.471 bits per heavy atom. The third-order valence-electron chi connectivity index (χ3n) is 6.33. The van der Waals surface area contributed by atoms with E-state index in [-0.39, 0.29) is 0 Å². The summed E-state index contributed by atoms with van der Waals surface area (Å²) in [7, 11) is 0. The van der Waals surface area contributed by atoms with Gasteiger partial charge in [-0.3, -0.25) is 0 Å². The minimum Gasteiger partial charge on any atom is -0.308 e. The second-order valence-electron chi connectivity index (χ2n) is 8.32. The quantitative estimate of drug-likeness (QED) is 0.217. The molecular formula is C30H18BrNS2. The average Bonchev–Trinajstić information content (AvgIpc) is 3.45. The number of thiophene rings is 2. The van der Waals surface area contributed by atoms with Crippen LogP contribution in [0.25, 0.3) is 40.3 Å². The van der Waals surface area contributed by atoms with Crippen LogP contribution in [0.2, 0.25) is 0 Å². The molecule has 0 aliphatic heterocycles. The molecule has 0 radical (unpaired) electrons. The van der Waals surface area contributed by atoms with Gasteiger partial charge >= 0.3 is 0 Å². The van der Waals surface area contributed by atoms with E-state index in [2.05, 4.69) is 130 Å². The van der Waals surface area contributed by atoms with Gasteiger partial charge in [-0.25, -0.2) is 0 Å². The molecule has 34 heavy (non-hydrogen) atoms. The van der Waals surface area contributed by atoms with Crippen LogP contribution in [0, 0.1) is 0 Å². The lowest BCUT2D eigenvalue weighted by atomic mass is 10.1. The predicted octanol–water partition coefficient (Wildman–Crippen LogP) is 10.7. The molecule has 2 aromatic heterocycles. The molecule has 162 valence electrons. The van der Waals surface area contributed by atoms with Crippen molar-refractivity contribution in [3.63, 3.8) is 0 Å². The predicted molar refractivity (Wildman–Crippen MR) is 155 cm³/mol. The van der Waals surface area contributed by atoms with Gasteiger partial charge in [0.15, 0.2) is 0 Å². The Labute approximate surface area is 213 Å². The van der Waals surface area contributed by atoms with Gasteiger partial charge in [0.05, 0.1) is 20.8 Å². The maximum absolute atomic E-state index is 3.62. The minimum absolute atomic E-state index is 1.08. The van der Waals surface area contributed by atoms with Crippen LogP contribution in [0.1, 0.15) is 0 Å². The number of hydrogen-bond donors (Lipinski definition) is 0. The van der Waals surface area contributed by atoms with Crippen molar-refractivity contribution in [3.05, 3.63) is 114 Å². The fourth-order valence-corrected chi connectivity index (χ4v) is 7.49. The molecule has 0 saturated carbocycles. The Kier molecular flexibility index (Phi) is 4.73. The Bertz CT molecular complexity index is 1710. The molecule has 0 aliphatic rings. The summed E-state index contributed by atoms with van der Waals surface area (Å²) in [6.45, 7) is 0. The van der Waals surface area contributed by atoms with Gasteiger partial charge in [-0.1, -0.05) is 76.6 Å². The molecule has 5 aromatic carbocycles. The highest BCUT2D eigenvalue weighted by molar-refractivity contribution is 9.10. The number of rotatable bonds is 3. The van der Waals surface area contributed by atoms with E-state index < -0.39 is 0 Å². The van der Waals surface area contributed by atoms with Crippen molar-refractivity contribution in [1.82, 2.24) is 0 Å². The van der Waals surface area contributed by atoms with Gasteiger partial charge in [-0.2, -0.15) is 0 Å². The van der Waals surface area contributed by atoms with E-state index in [0.29, 0.717) is 0 Å². The summed E-state index contributed by atoms with van der Waals surface area (Å²) in [5.41, 5.74) is 3.58. The van der Waals surface area contributed by atoms with Gasteiger partial charge in [0, 0.05) is 41.1 Å². The SMILES string of the molecule is Brc1ccc(N(c2cccc3c2sc2ccccc23)c2cccc3c2sc2ccccc23)cc1. The lowest BCUT2D eigenvalue weighted by Crippen LogP contribution is -2.10. The first-order valence-corrected chi connectivity index (χ1v) is 13.6. The number of anilines is 3. The molecule has 0 bridgehead atoms. The Morgan fingerprint density at radius 3 is 1.47 bits per heavy atom. The molecule has 0 spiro atoms. The summed E-state index contributed by atoms with van der Waals surface area (Å²) in [6, 6.07) is 39.4. The van der Waals surface area contributed by atoms with Crippen molar-refractivity contribution in [2.24, 2.45) is 0 Å². The highest BCUT2D eigenvalue weighted by Gasteiger charge is 2.21. The maximum atomic E-state index is 3.62. The van der Waals surface area contributed by atoms with Crippen LogP contribution in [0.15, 0.2) is 114 Å². The summed E-state index contributed by atoms with van der Waals surface area (Å²) in [6.07, 6.45) is 0. The number of nitrogens with zero attached hydrogens (tertiary/aromatic N) is 1. The Morgan fingerprint density at radius 2 is 0.941 bits per heavy atom. The van der Waals surface area contributed by atoms with Crippen LogP contribution in [0.5, 0.6) is 0 Å². The first kappa shape index (κ1) is 20.2.